The lowest BCUT2D eigenvalue weighted by Gasteiger charge is -2.20. The topological polar surface area (TPSA) is 66.5 Å². The van der Waals surface area contributed by atoms with Crippen LogP contribution in [0.1, 0.15) is 22.8 Å². The van der Waals surface area contributed by atoms with E-state index in [-0.39, 0.29) is 12.5 Å². The highest BCUT2D eigenvalue weighted by molar-refractivity contribution is 7.92. The van der Waals surface area contributed by atoms with Gasteiger partial charge in [0.1, 0.15) is 0 Å². The van der Waals surface area contributed by atoms with Gasteiger partial charge in [-0.1, -0.05) is 31.2 Å². The van der Waals surface area contributed by atoms with Gasteiger partial charge < -0.3 is 5.32 Å². The van der Waals surface area contributed by atoms with Gasteiger partial charge in [-0.2, -0.15) is 0 Å². The Bertz CT molecular complexity index is 858. The van der Waals surface area contributed by atoms with Crippen molar-refractivity contribution in [2.75, 3.05) is 22.4 Å². The number of para-hydroxylation sites is 1. The van der Waals surface area contributed by atoms with Crippen LogP contribution in [-0.2, 0) is 16.4 Å². The van der Waals surface area contributed by atoms with Gasteiger partial charge in [-0.15, -0.1) is 6.58 Å². The van der Waals surface area contributed by atoms with Crippen molar-refractivity contribution in [3.8, 4) is 0 Å². The Balaban J connectivity index is 2.21. The molecule has 0 saturated heterocycles. The highest BCUT2D eigenvalue weighted by atomic mass is 32.2. The van der Waals surface area contributed by atoms with Crippen molar-refractivity contribution in [2.45, 2.75) is 13.3 Å². The maximum absolute atomic E-state index is 12.4. The van der Waals surface area contributed by atoms with Crippen molar-refractivity contribution in [2.24, 2.45) is 0 Å². The summed E-state index contributed by atoms with van der Waals surface area (Å²) in [7, 11) is -3.41. The van der Waals surface area contributed by atoms with E-state index in [2.05, 4.69) is 11.9 Å². The fourth-order valence-electron chi connectivity index (χ4n) is 2.47. The van der Waals surface area contributed by atoms with E-state index in [1.54, 1.807) is 24.3 Å². The number of hydrogen-bond acceptors (Lipinski definition) is 3. The lowest BCUT2D eigenvalue weighted by Crippen LogP contribution is -2.29. The number of sulfonamides is 1. The summed E-state index contributed by atoms with van der Waals surface area (Å²) < 4.78 is 24.9. The molecule has 0 fully saturated rings. The van der Waals surface area contributed by atoms with Crippen LogP contribution in [0.5, 0.6) is 0 Å². The molecule has 25 heavy (non-hydrogen) atoms. The van der Waals surface area contributed by atoms with Crippen molar-refractivity contribution in [1.82, 2.24) is 0 Å². The fraction of sp³-hybridized carbons (Fsp3) is 0.211. The summed E-state index contributed by atoms with van der Waals surface area (Å²) in [5.41, 5.74) is 2.79. The van der Waals surface area contributed by atoms with Gasteiger partial charge >= 0.3 is 0 Å². The zero-order chi connectivity index (χ0) is 18.4. The van der Waals surface area contributed by atoms with Crippen molar-refractivity contribution < 1.29 is 13.2 Å². The molecule has 0 aliphatic carbocycles. The molecule has 2 rings (SSSR count). The van der Waals surface area contributed by atoms with E-state index in [9.17, 15) is 13.2 Å². The summed E-state index contributed by atoms with van der Waals surface area (Å²) in [5.74, 6) is -0.234. The number of rotatable bonds is 7. The molecule has 1 N–H and O–H groups in total. The Hall–Kier alpha value is -2.60. The third kappa shape index (κ3) is 4.70. The summed E-state index contributed by atoms with van der Waals surface area (Å²) in [4.78, 5) is 12.4. The van der Waals surface area contributed by atoms with Crippen LogP contribution in [0, 0.1) is 0 Å². The van der Waals surface area contributed by atoms with Gasteiger partial charge in [0.2, 0.25) is 10.0 Å². The zero-order valence-electron chi connectivity index (χ0n) is 14.4. The van der Waals surface area contributed by atoms with Gasteiger partial charge in [0.25, 0.3) is 5.91 Å². The molecule has 5 nitrogen and oxygen atoms in total. The summed E-state index contributed by atoms with van der Waals surface area (Å²) >= 11 is 0. The van der Waals surface area contributed by atoms with Crippen molar-refractivity contribution >= 4 is 27.3 Å². The van der Waals surface area contributed by atoms with Crippen LogP contribution in [0.3, 0.4) is 0 Å². The highest BCUT2D eigenvalue weighted by Gasteiger charge is 2.16. The van der Waals surface area contributed by atoms with Crippen LogP contribution in [0.2, 0.25) is 0 Å². The summed E-state index contributed by atoms with van der Waals surface area (Å²) in [5, 5.41) is 2.89. The second kappa shape index (κ2) is 7.98. The molecule has 0 atom stereocenters. The minimum atomic E-state index is -3.41. The zero-order valence-corrected chi connectivity index (χ0v) is 15.2. The molecule has 0 saturated carbocycles. The van der Waals surface area contributed by atoms with Crippen LogP contribution in [0.4, 0.5) is 11.4 Å². The predicted molar refractivity (Wildman–Crippen MR) is 103 cm³/mol. The molecule has 0 bridgehead atoms. The van der Waals surface area contributed by atoms with Crippen molar-refractivity contribution in [1.29, 1.82) is 0 Å². The average molecular weight is 358 g/mol. The molecule has 0 aromatic heterocycles. The molecular formula is C19H22N2O3S. The Morgan fingerprint density at radius 2 is 1.80 bits per heavy atom. The second-order valence-corrected chi connectivity index (χ2v) is 7.50. The minimum absolute atomic E-state index is 0.175. The first-order valence-corrected chi connectivity index (χ1v) is 9.79. The molecule has 132 valence electrons. The number of anilines is 2. The molecule has 0 aliphatic rings. The number of aryl methyl sites for hydroxylation is 1. The van der Waals surface area contributed by atoms with Gasteiger partial charge in [0.15, 0.2) is 0 Å². The summed E-state index contributed by atoms with van der Waals surface area (Å²) in [6.45, 7) is 5.78. The Kier molecular flexibility index (Phi) is 5.98. The quantitative estimate of drug-likeness (QED) is 0.771. The standard InChI is InChI=1S/C19H22N2O3S/c1-4-14-21(25(3,23)24)17-12-10-16(11-13-17)19(22)20-18-9-7-6-8-15(18)5-2/h4,6-13H,1,5,14H2,2-3H3,(H,20,22). The fourth-order valence-corrected chi connectivity index (χ4v) is 3.35. The first-order chi connectivity index (χ1) is 11.9. The minimum Gasteiger partial charge on any atom is -0.322 e. The van der Waals surface area contributed by atoms with E-state index < -0.39 is 10.0 Å². The van der Waals surface area contributed by atoms with Crippen molar-refractivity contribution in [3.05, 3.63) is 72.3 Å². The third-order valence-corrected chi connectivity index (χ3v) is 4.92. The average Bonchev–Trinajstić information content (AvgIpc) is 2.59. The van der Waals surface area contributed by atoms with Gasteiger partial charge in [-0.25, -0.2) is 8.42 Å². The maximum Gasteiger partial charge on any atom is 0.255 e. The number of hydrogen-bond donors (Lipinski definition) is 1. The SMILES string of the molecule is C=CCN(c1ccc(C(=O)Nc2ccccc2CC)cc1)S(C)(=O)=O. The van der Waals surface area contributed by atoms with Crippen LogP contribution in [0.15, 0.2) is 61.2 Å². The Morgan fingerprint density at radius 3 is 2.36 bits per heavy atom. The maximum atomic E-state index is 12.4. The molecule has 0 aliphatic heterocycles. The van der Waals surface area contributed by atoms with Crippen molar-refractivity contribution in [3.63, 3.8) is 0 Å². The third-order valence-electron chi connectivity index (χ3n) is 3.76. The van der Waals surface area contributed by atoms with E-state index in [0.29, 0.717) is 11.3 Å². The summed E-state index contributed by atoms with van der Waals surface area (Å²) in [6.07, 6.45) is 3.47. The first kappa shape index (κ1) is 18.7. The first-order valence-electron chi connectivity index (χ1n) is 7.94. The van der Waals surface area contributed by atoms with Crippen LogP contribution in [0.25, 0.3) is 0 Å². The summed E-state index contributed by atoms with van der Waals surface area (Å²) in [6, 6.07) is 14.1. The predicted octanol–water partition coefficient (Wildman–Crippen LogP) is 3.45. The molecule has 6 heteroatoms. The van der Waals surface area contributed by atoms with E-state index in [0.717, 1.165) is 23.9 Å². The largest absolute Gasteiger partial charge is 0.322 e. The number of amides is 1. The lowest BCUT2D eigenvalue weighted by atomic mass is 10.1. The molecule has 2 aromatic carbocycles. The molecule has 0 heterocycles. The van der Waals surface area contributed by atoms with E-state index in [1.807, 2.05) is 31.2 Å². The lowest BCUT2D eigenvalue weighted by molar-refractivity contribution is 0.102. The number of nitrogens with one attached hydrogen (secondary N) is 1. The van der Waals surface area contributed by atoms with Crippen LogP contribution < -0.4 is 9.62 Å². The Morgan fingerprint density at radius 1 is 1.16 bits per heavy atom. The molecule has 2 aromatic rings. The van der Waals surface area contributed by atoms with Gasteiger partial charge in [0.05, 0.1) is 18.5 Å². The Labute approximate surface area is 149 Å². The van der Waals surface area contributed by atoms with Gasteiger partial charge in [-0.3, -0.25) is 9.10 Å². The molecule has 0 radical (unpaired) electrons. The second-order valence-electron chi connectivity index (χ2n) is 5.59. The smallest absolute Gasteiger partial charge is 0.255 e. The highest BCUT2D eigenvalue weighted by Crippen LogP contribution is 2.20. The normalized spacial score (nSPS) is 11.0. The molecule has 0 spiro atoms. The van der Waals surface area contributed by atoms with E-state index in [4.69, 9.17) is 0 Å². The number of nitrogens with zero attached hydrogens (tertiary/aromatic N) is 1. The van der Waals surface area contributed by atoms with Gasteiger partial charge in [0, 0.05) is 11.3 Å². The van der Waals surface area contributed by atoms with Crippen LogP contribution >= 0.6 is 0 Å². The molecule has 1 amide bonds. The number of benzene rings is 2. The monoisotopic (exact) mass is 358 g/mol. The molecular weight excluding hydrogens is 336 g/mol. The van der Waals surface area contributed by atoms with E-state index >= 15 is 0 Å². The van der Waals surface area contributed by atoms with E-state index in [1.165, 1.54) is 10.4 Å². The number of carbonyl (C=O) groups is 1. The molecule has 0 unspecified atom stereocenters. The number of carbonyl (C=O) groups excluding carboxylic acids is 1. The van der Waals surface area contributed by atoms with Gasteiger partial charge in [-0.05, 0) is 42.3 Å². The van der Waals surface area contributed by atoms with Crippen LogP contribution in [-0.4, -0.2) is 27.1 Å².